The van der Waals surface area contributed by atoms with E-state index >= 15 is 0 Å². The van der Waals surface area contributed by atoms with Crippen LogP contribution in [0.4, 0.5) is 5.69 Å². The lowest BCUT2D eigenvalue weighted by Crippen LogP contribution is -2.40. The van der Waals surface area contributed by atoms with Gasteiger partial charge in [-0.3, -0.25) is 0 Å². The first kappa shape index (κ1) is 20.9. The lowest BCUT2D eigenvalue weighted by atomic mass is 10.1. The fourth-order valence-electron chi connectivity index (χ4n) is 4.22. The zero-order chi connectivity index (χ0) is 22.1. The third-order valence-electron chi connectivity index (χ3n) is 5.92. The van der Waals surface area contributed by atoms with Gasteiger partial charge in [-0.25, -0.2) is 13.4 Å². The molecule has 0 spiro atoms. The Morgan fingerprint density at radius 1 is 1.00 bits per heavy atom. The van der Waals surface area contributed by atoms with Crippen molar-refractivity contribution in [3.63, 3.8) is 0 Å². The maximum absolute atomic E-state index is 13.0. The molecule has 0 bridgehead atoms. The third-order valence-corrected chi connectivity index (χ3v) is 7.82. The van der Waals surface area contributed by atoms with Gasteiger partial charge in [-0.2, -0.15) is 4.31 Å². The van der Waals surface area contributed by atoms with E-state index in [4.69, 9.17) is 9.72 Å². The van der Waals surface area contributed by atoms with E-state index in [0.717, 1.165) is 23.6 Å². The molecule has 1 N–H and O–H groups in total. The van der Waals surface area contributed by atoms with Gasteiger partial charge in [0.15, 0.2) is 0 Å². The Kier molecular flexibility index (Phi) is 5.58. The Balaban J connectivity index is 1.42. The fourth-order valence-corrected chi connectivity index (χ4v) is 5.65. The van der Waals surface area contributed by atoms with Crippen LogP contribution < -0.4 is 5.32 Å². The van der Waals surface area contributed by atoms with Gasteiger partial charge >= 0.3 is 0 Å². The number of sulfonamides is 1. The van der Waals surface area contributed by atoms with E-state index in [1.807, 2.05) is 18.2 Å². The third kappa shape index (κ3) is 3.85. The molecule has 3 aromatic carbocycles. The molecule has 1 aliphatic rings. The predicted molar refractivity (Wildman–Crippen MR) is 126 cm³/mol. The molecule has 4 aromatic rings. The van der Waals surface area contributed by atoms with Gasteiger partial charge in [0.05, 0.1) is 35.7 Å². The minimum absolute atomic E-state index is 0.279. The van der Waals surface area contributed by atoms with E-state index < -0.39 is 10.0 Å². The number of benzene rings is 3. The number of rotatable bonds is 6. The molecular formula is C24H26N4O3S. The Morgan fingerprint density at radius 2 is 1.78 bits per heavy atom. The summed E-state index contributed by atoms with van der Waals surface area (Å²) in [5, 5.41) is 5.84. The number of aromatic nitrogens is 2. The lowest BCUT2D eigenvalue weighted by molar-refractivity contribution is 0.0730. The fraction of sp³-hybridized carbons (Fsp3) is 0.292. The van der Waals surface area contributed by atoms with Gasteiger partial charge < -0.3 is 14.6 Å². The standard InChI is InChI=1S/C24H26N4O3S/c1-2-28-23-10-9-21(32(29,30)27-11-13-31-14-12-27)16-22(23)26-24(28)17-25-20-8-7-18-5-3-4-6-19(18)15-20/h3-10,15-16,25H,2,11-14,17H2,1H3. The Bertz CT molecular complexity index is 1370. The van der Waals surface area contributed by atoms with Crippen molar-refractivity contribution in [3.8, 4) is 0 Å². The van der Waals surface area contributed by atoms with Crippen LogP contribution in [0, 0.1) is 0 Å². The first-order valence-electron chi connectivity index (χ1n) is 10.9. The maximum atomic E-state index is 13.0. The molecule has 0 amide bonds. The molecule has 0 aliphatic carbocycles. The molecule has 1 fully saturated rings. The molecule has 1 aliphatic heterocycles. The molecule has 166 valence electrons. The minimum Gasteiger partial charge on any atom is -0.379 e. The van der Waals surface area contributed by atoms with E-state index in [0.29, 0.717) is 38.4 Å². The normalized spacial score (nSPS) is 15.4. The van der Waals surface area contributed by atoms with Gasteiger partial charge in [0.2, 0.25) is 10.0 Å². The van der Waals surface area contributed by atoms with E-state index in [1.54, 1.807) is 12.1 Å². The van der Waals surface area contributed by atoms with E-state index in [1.165, 1.54) is 15.1 Å². The second-order valence-corrected chi connectivity index (χ2v) is 9.79. The number of anilines is 1. The second kappa shape index (κ2) is 8.54. The summed E-state index contributed by atoms with van der Waals surface area (Å²) in [7, 11) is -3.55. The molecule has 0 radical (unpaired) electrons. The number of ether oxygens (including phenoxy) is 1. The van der Waals surface area contributed by atoms with Crippen molar-refractivity contribution in [2.24, 2.45) is 0 Å². The molecule has 2 heterocycles. The first-order chi connectivity index (χ1) is 15.6. The minimum atomic E-state index is -3.55. The summed E-state index contributed by atoms with van der Waals surface area (Å²) in [5.41, 5.74) is 2.65. The quantitative estimate of drug-likeness (QED) is 0.483. The van der Waals surface area contributed by atoms with Gasteiger partial charge in [-0.05, 0) is 48.0 Å². The number of fused-ring (bicyclic) bond motifs is 2. The Morgan fingerprint density at radius 3 is 2.56 bits per heavy atom. The monoisotopic (exact) mass is 450 g/mol. The van der Waals surface area contributed by atoms with Crippen LogP contribution >= 0.6 is 0 Å². The van der Waals surface area contributed by atoms with Crippen molar-refractivity contribution in [2.75, 3.05) is 31.6 Å². The van der Waals surface area contributed by atoms with Crippen molar-refractivity contribution in [1.82, 2.24) is 13.9 Å². The lowest BCUT2D eigenvalue weighted by Gasteiger charge is -2.26. The molecule has 8 heteroatoms. The number of nitrogens with one attached hydrogen (secondary N) is 1. The van der Waals surface area contributed by atoms with Crippen LogP contribution in [0.15, 0.2) is 65.6 Å². The molecule has 1 aromatic heterocycles. The Hall–Kier alpha value is -2.94. The first-order valence-corrected chi connectivity index (χ1v) is 12.3. The molecule has 5 rings (SSSR count). The summed E-state index contributed by atoms with van der Waals surface area (Å²) in [6.07, 6.45) is 0. The number of morpholine rings is 1. The second-order valence-electron chi connectivity index (χ2n) is 7.85. The summed E-state index contributed by atoms with van der Waals surface area (Å²) in [4.78, 5) is 5.05. The number of nitrogens with zero attached hydrogens (tertiary/aromatic N) is 3. The molecule has 32 heavy (non-hydrogen) atoms. The van der Waals surface area contributed by atoms with Gasteiger partial charge in [0.1, 0.15) is 5.82 Å². The highest BCUT2D eigenvalue weighted by Gasteiger charge is 2.27. The predicted octanol–water partition coefficient (Wildman–Crippen LogP) is 3.84. The highest BCUT2D eigenvalue weighted by Crippen LogP contribution is 2.25. The average molecular weight is 451 g/mol. The maximum Gasteiger partial charge on any atom is 0.243 e. The number of aryl methyl sites for hydroxylation is 1. The number of imidazole rings is 1. The summed E-state index contributed by atoms with van der Waals surface area (Å²) in [5.74, 6) is 0.872. The number of hydrogen-bond acceptors (Lipinski definition) is 5. The van der Waals surface area contributed by atoms with Crippen molar-refractivity contribution >= 4 is 37.5 Å². The zero-order valence-electron chi connectivity index (χ0n) is 18.0. The van der Waals surface area contributed by atoms with E-state index in [-0.39, 0.29) is 4.90 Å². The highest BCUT2D eigenvalue weighted by atomic mass is 32.2. The van der Waals surface area contributed by atoms with Gasteiger partial charge in [-0.1, -0.05) is 30.3 Å². The SMILES string of the molecule is CCn1c(CNc2ccc3ccccc3c2)nc2cc(S(=O)(=O)N3CCOCC3)ccc21. The van der Waals surface area contributed by atoms with Crippen molar-refractivity contribution in [3.05, 3.63) is 66.5 Å². The molecule has 1 saturated heterocycles. The van der Waals surface area contributed by atoms with Crippen LogP contribution in [0.1, 0.15) is 12.7 Å². The molecule has 7 nitrogen and oxygen atoms in total. The van der Waals surface area contributed by atoms with Crippen LogP contribution in [0.3, 0.4) is 0 Å². The Labute approximate surface area is 187 Å². The summed E-state index contributed by atoms with van der Waals surface area (Å²) >= 11 is 0. The van der Waals surface area contributed by atoms with Crippen LogP contribution in [-0.4, -0.2) is 48.6 Å². The summed E-state index contributed by atoms with van der Waals surface area (Å²) in [6.45, 7) is 4.98. The molecule has 0 unspecified atom stereocenters. The van der Waals surface area contributed by atoms with Gasteiger partial charge in [0.25, 0.3) is 0 Å². The van der Waals surface area contributed by atoms with E-state index in [2.05, 4.69) is 47.1 Å². The van der Waals surface area contributed by atoms with E-state index in [9.17, 15) is 8.42 Å². The zero-order valence-corrected chi connectivity index (χ0v) is 18.8. The van der Waals surface area contributed by atoms with Crippen molar-refractivity contribution < 1.29 is 13.2 Å². The van der Waals surface area contributed by atoms with Crippen LogP contribution in [0.25, 0.3) is 21.8 Å². The van der Waals surface area contributed by atoms with Gasteiger partial charge in [0, 0.05) is 25.3 Å². The average Bonchev–Trinajstić information content (AvgIpc) is 3.20. The van der Waals surface area contributed by atoms with Gasteiger partial charge in [-0.15, -0.1) is 0 Å². The van der Waals surface area contributed by atoms with Crippen molar-refractivity contribution in [2.45, 2.75) is 24.9 Å². The largest absolute Gasteiger partial charge is 0.379 e. The summed E-state index contributed by atoms with van der Waals surface area (Å²) < 4.78 is 35.0. The summed E-state index contributed by atoms with van der Waals surface area (Å²) in [6, 6.07) is 19.8. The molecular weight excluding hydrogens is 424 g/mol. The topological polar surface area (TPSA) is 76.5 Å². The highest BCUT2D eigenvalue weighted by molar-refractivity contribution is 7.89. The van der Waals surface area contributed by atoms with Crippen molar-refractivity contribution in [1.29, 1.82) is 0 Å². The van der Waals surface area contributed by atoms with Crippen LogP contribution in [0.5, 0.6) is 0 Å². The number of hydrogen-bond donors (Lipinski definition) is 1. The molecule has 0 atom stereocenters. The van der Waals surface area contributed by atoms with Crippen LogP contribution in [-0.2, 0) is 27.8 Å². The van der Waals surface area contributed by atoms with Crippen LogP contribution in [0.2, 0.25) is 0 Å². The smallest absolute Gasteiger partial charge is 0.243 e. The molecule has 0 saturated carbocycles.